The van der Waals surface area contributed by atoms with Crippen LogP contribution in [0.5, 0.6) is 5.75 Å². The van der Waals surface area contributed by atoms with Crippen LogP contribution in [0.25, 0.3) is 0 Å². The second-order valence-corrected chi connectivity index (χ2v) is 4.68. The van der Waals surface area contributed by atoms with Gasteiger partial charge in [-0.05, 0) is 31.2 Å². The monoisotopic (exact) mass is 324 g/mol. The number of hydrogen-bond acceptors (Lipinski definition) is 3. The van der Waals surface area contributed by atoms with E-state index in [1.165, 1.54) is 12.1 Å². The molecule has 1 atom stereocenters. The normalized spacial score (nSPS) is 18.9. The lowest BCUT2D eigenvalue weighted by molar-refractivity contribution is -0.274. The van der Waals surface area contributed by atoms with E-state index in [-0.39, 0.29) is 30.1 Å². The van der Waals surface area contributed by atoms with Crippen LogP contribution in [-0.4, -0.2) is 42.8 Å². The summed E-state index contributed by atoms with van der Waals surface area (Å²) < 4.78 is 39.9. The fourth-order valence-electron chi connectivity index (χ4n) is 2.10. The van der Waals surface area contributed by atoms with Gasteiger partial charge in [0.2, 0.25) is 0 Å². The van der Waals surface area contributed by atoms with Crippen LogP contribution in [-0.2, 0) is 0 Å². The molecule has 1 fully saturated rings. The first-order valence-electron chi connectivity index (χ1n) is 6.23. The van der Waals surface area contributed by atoms with Crippen molar-refractivity contribution >= 4 is 18.3 Å². The van der Waals surface area contributed by atoms with E-state index in [9.17, 15) is 18.0 Å². The van der Waals surface area contributed by atoms with Crippen LogP contribution in [0, 0.1) is 0 Å². The molecule has 0 aromatic heterocycles. The molecule has 21 heavy (non-hydrogen) atoms. The summed E-state index contributed by atoms with van der Waals surface area (Å²) >= 11 is 0. The van der Waals surface area contributed by atoms with Crippen LogP contribution in [0.2, 0.25) is 0 Å². The summed E-state index contributed by atoms with van der Waals surface area (Å²) in [5.41, 5.74) is 0.355. The highest BCUT2D eigenvalue weighted by Crippen LogP contribution is 2.23. The second kappa shape index (κ2) is 7.00. The first kappa shape index (κ1) is 17.6. The quantitative estimate of drug-likeness (QED) is 0.908. The molecule has 1 aromatic carbocycles. The predicted octanol–water partition coefficient (Wildman–Crippen LogP) is 2.44. The Morgan fingerprint density at radius 3 is 2.48 bits per heavy atom. The van der Waals surface area contributed by atoms with Crippen LogP contribution >= 0.6 is 12.4 Å². The summed E-state index contributed by atoms with van der Waals surface area (Å²) in [5, 5.41) is 3.21. The first-order valence-corrected chi connectivity index (χ1v) is 6.23. The van der Waals surface area contributed by atoms with Gasteiger partial charge < -0.3 is 15.0 Å². The molecule has 0 saturated carbocycles. The van der Waals surface area contributed by atoms with Gasteiger partial charge >= 0.3 is 6.36 Å². The van der Waals surface area contributed by atoms with Crippen LogP contribution in [0.3, 0.4) is 0 Å². The minimum Gasteiger partial charge on any atom is -0.406 e. The molecule has 0 unspecified atom stereocenters. The van der Waals surface area contributed by atoms with Gasteiger partial charge in [-0.15, -0.1) is 25.6 Å². The number of nitrogens with one attached hydrogen (secondary N) is 1. The van der Waals surface area contributed by atoms with Crippen LogP contribution in [0.4, 0.5) is 13.2 Å². The minimum atomic E-state index is -4.72. The Balaban J connectivity index is 0.00000220. The van der Waals surface area contributed by atoms with E-state index in [1.807, 2.05) is 6.92 Å². The number of piperazine rings is 1. The van der Waals surface area contributed by atoms with Gasteiger partial charge in [0.15, 0.2) is 0 Å². The van der Waals surface area contributed by atoms with Crippen LogP contribution < -0.4 is 10.1 Å². The number of nitrogens with zero attached hydrogens (tertiary/aromatic N) is 1. The zero-order valence-electron chi connectivity index (χ0n) is 11.3. The molecule has 1 aliphatic heterocycles. The Labute approximate surface area is 126 Å². The lowest BCUT2D eigenvalue weighted by Gasteiger charge is -2.32. The van der Waals surface area contributed by atoms with Crippen molar-refractivity contribution in [3.63, 3.8) is 0 Å². The molecule has 1 heterocycles. The molecule has 4 nitrogen and oxygen atoms in total. The van der Waals surface area contributed by atoms with Gasteiger partial charge in [-0.3, -0.25) is 4.79 Å². The first-order chi connectivity index (χ1) is 9.35. The van der Waals surface area contributed by atoms with Gasteiger partial charge in [-0.25, -0.2) is 0 Å². The van der Waals surface area contributed by atoms with Crippen molar-refractivity contribution in [1.29, 1.82) is 0 Å². The molecule has 1 amide bonds. The average molecular weight is 325 g/mol. The Kier molecular flexibility index (Phi) is 5.86. The second-order valence-electron chi connectivity index (χ2n) is 4.68. The van der Waals surface area contributed by atoms with E-state index >= 15 is 0 Å². The third-order valence-corrected chi connectivity index (χ3v) is 2.99. The number of rotatable bonds is 2. The van der Waals surface area contributed by atoms with Crippen molar-refractivity contribution in [3.8, 4) is 5.75 Å². The fourth-order valence-corrected chi connectivity index (χ4v) is 2.10. The Morgan fingerprint density at radius 2 is 1.95 bits per heavy atom. The Hall–Kier alpha value is -1.47. The highest BCUT2D eigenvalue weighted by atomic mass is 35.5. The van der Waals surface area contributed by atoms with Gasteiger partial charge in [0.05, 0.1) is 0 Å². The molecule has 1 aliphatic rings. The van der Waals surface area contributed by atoms with E-state index in [2.05, 4.69) is 10.1 Å². The van der Waals surface area contributed by atoms with Crippen molar-refractivity contribution in [3.05, 3.63) is 29.8 Å². The number of ether oxygens (including phenoxy) is 1. The molecule has 0 spiro atoms. The van der Waals surface area contributed by atoms with Crippen molar-refractivity contribution in [1.82, 2.24) is 10.2 Å². The molecule has 2 rings (SSSR count). The highest BCUT2D eigenvalue weighted by molar-refractivity contribution is 5.94. The topological polar surface area (TPSA) is 41.6 Å². The van der Waals surface area contributed by atoms with E-state index in [1.54, 1.807) is 4.90 Å². The number of amides is 1. The molecule has 118 valence electrons. The summed E-state index contributed by atoms with van der Waals surface area (Å²) in [6.45, 7) is 3.85. The Bertz CT molecular complexity index is 479. The zero-order chi connectivity index (χ0) is 14.8. The summed E-state index contributed by atoms with van der Waals surface area (Å²) in [6, 6.07) is 5.19. The van der Waals surface area contributed by atoms with Gasteiger partial charge in [-0.1, -0.05) is 0 Å². The summed E-state index contributed by atoms with van der Waals surface area (Å²) in [5.74, 6) is -0.514. The van der Waals surface area contributed by atoms with Crippen LogP contribution in [0.1, 0.15) is 17.3 Å². The molecule has 1 saturated heterocycles. The van der Waals surface area contributed by atoms with Crippen molar-refractivity contribution < 1.29 is 22.7 Å². The highest BCUT2D eigenvalue weighted by Gasteiger charge is 2.31. The standard InChI is InChI=1S/C13H15F3N2O2.ClH/c1-9-8-18(7-6-17-9)12(19)10-2-4-11(5-3-10)20-13(14,15)16;/h2-5,9,17H,6-8H2,1H3;1H/t9-;/m0./s1. The number of alkyl halides is 3. The minimum absolute atomic E-state index is 0. The molecular weight excluding hydrogens is 309 g/mol. The van der Waals surface area contributed by atoms with Gasteiger partial charge in [0.1, 0.15) is 5.75 Å². The van der Waals surface area contributed by atoms with Gasteiger partial charge in [0.25, 0.3) is 5.91 Å². The predicted molar refractivity (Wildman–Crippen MR) is 73.7 cm³/mol. The molecule has 0 radical (unpaired) electrons. The van der Waals surface area contributed by atoms with E-state index in [0.29, 0.717) is 25.2 Å². The van der Waals surface area contributed by atoms with Gasteiger partial charge in [0, 0.05) is 31.2 Å². The maximum absolute atomic E-state index is 12.2. The van der Waals surface area contributed by atoms with Crippen molar-refractivity contribution in [2.45, 2.75) is 19.3 Å². The number of benzene rings is 1. The molecule has 1 aromatic rings. The lowest BCUT2D eigenvalue weighted by atomic mass is 10.1. The van der Waals surface area contributed by atoms with Gasteiger partial charge in [-0.2, -0.15) is 0 Å². The third-order valence-electron chi connectivity index (χ3n) is 2.99. The molecule has 0 bridgehead atoms. The number of hydrogen-bond donors (Lipinski definition) is 1. The summed E-state index contributed by atoms with van der Waals surface area (Å²) in [4.78, 5) is 13.9. The van der Waals surface area contributed by atoms with Crippen molar-refractivity contribution in [2.24, 2.45) is 0 Å². The largest absolute Gasteiger partial charge is 0.573 e. The maximum Gasteiger partial charge on any atom is 0.573 e. The molecule has 8 heteroatoms. The van der Waals surface area contributed by atoms with E-state index < -0.39 is 6.36 Å². The van der Waals surface area contributed by atoms with E-state index in [4.69, 9.17) is 0 Å². The molecule has 1 N–H and O–H groups in total. The average Bonchev–Trinajstić information content (AvgIpc) is 2.37. The summed E-state index contributed by atoms with van der Waals surface area (Å²) in [6.07, 6.45) is -4.72. The summed E-state index contributed by atoms with van der Waals surface area (Å²) in [7, 11) is 0. The lowest BCUT2D eigenvalue weighted by Crippen LogP contribution is -2.51. The SMILES string of the molecule is C[C@H]1CN(C(=O)c2ccc(OC(F)(F)F)cc2)CCN1.Cl. The van der Waals surface area contributed by atoms with E-state index in [0.717, 1.165) is 12.1 Å². The number of carbonyl (C=O) groups excluding carboxylic acids is 1. The van der Waals surface area contributed by atoms with Crippen LogP contribution in [0.15, 0.2) is 24.3 Å². The van der Waals surface area contributed by atoms with Crippen molar-refractivity contribution in [2.75, 3.05) is 19.6 Å². The smallest absolute Gasteiger partial charge is 0.406 e. The Morgan fingerprint density at radius 1 is 1.33 bits per heavy atom. The molecular formula is C13H16ClF3N2O2. The molecule has 0 aliphatic carbocycles. The zero-order valence-corrected chi connectivity index (χ0v) is 12.1. The number of halogens is 4. The number of carbonyl (C=O) groups is 1. The third kappa shape index (κ3) is 5.09. The fraction of sp³-hybridized carbons (Fsp3) is 0.462. The maximum atomic E-state index is 12.2.